The fourth-order valence-corrected chi connectivity index (χ4v) is 3.23. The zero-order valence-electron chi connectivity index (χ0n) is 16.7. The molecule has 0 aliphatic rings. The van der Waals surface area contributed by atoms with Crippen LogP contribution in [0.3, 0.4) is 0 Å². The monoisotopic (exact) mass is 447 g/mol. The van der Waals surface area contributed by atoms with Gasteiger partial charge in [0.15, 0.2) is 0 Å². The van der Waals surface area contributed by atoms with Gasteiger partial charge in [0.2, 0.25) is 0 Å². The van der Waals surface area contributed by atoms with Crippen LogP contribution in [0.15, 0.2) is 53.0 Å². The van der Waals surface area contributed by atoms with Crippen molar-refractivity contribution in [2.75, 3.05) is 13.7 Å². The molecule has 0 saturated heterocycles. The molecule has 0 fully saturated rings. The Balaban J connectivity index is 2.19. The summed E-state index contributed by atoms with van der Waals surface area (Å²) in [5, 5.41) is 0. The number of ether oxygens (including phenoxy) is 2. The summed E-state index contributed by atoms with van der Waals surface area (Å²) in [5.41, 5.74) is 2.01. The van der Waals surface area contributed by atoms with E-state index in [0.29, 0.717) is 18.7 Å². The van der Waals surface area contributed by atoms with E-state index in [4.69, 9.17) is 9.47 Å². The van der Waals surface area contributed by atoms with Crippen molar-refractivity contribution >= 4 is 27.9 Å². The van der Waals surface area contributed by atoms with Crippen LogP contribution in [0, 0.1) is 0 Å². The molecule has 0 amide bonds. The van der Waals surface area contributed by atoms with Crippen molar-refractivity contribution in [3.8, 4) is 0 Å². The van der Waals surface area contributed by atoms with Crippen LogP contribution >= 0.6 is 15.9 Å². The smallest absolute Gasteiger partial charge is 0.337 e. The highest BCUT2D eigenvalue weighted by Crippen LogP contribution is 2.22. The minimum atomic E-state index is -0.530. The third-order valence-corrected chi connectivity index (χ3v) is 4.63. The van der Waals surface area contributed by atoms with Crippen LogP contribution in [0.2, 0.25) is 0 Å². The highest BCUT2D eigenvalue weighted by atomic mass is 79.9. The summed E-state index contributed by atoms with van der Waals surface area (Å²) in [4.78, 5) is 26.1. The lowest BCUT2D eigenvalue weighted by molar-refractivity contribution is -0.156. The van der Waals surface area contributed by atoms with Crippen LogP contribution in [0.5, 0.6) is 0 Å². The van der Waals surface area contributed by atoms with Gasteiger partial charge in [0, 0.05) is 17.6 Å². The highest BCUT2D eigenvalue weighted by Gasteiger charge is 2.20. The van der Waals surface area contributed by atoms with Crippen molar-refractivity contribution in [2.24, 2.45) is 0 Å². The molecule has 150 valence electrons. The topological polar surface area (TPSA) is 55.8 Å². The van der Waals surface area contributed by atoms with Crippen molar-refractivity contribution < 1.29 is 19.1 Å². The van der Waals surface area contributed by atoms with E-state index in [9.17, 15) is 9.59 Å². The molecule has 5 nitrogen and oxygen atoms in total. The third kappa shape index (κ3) is 7.09. The van der Waals surface area contributed by atoms with E-state index in [2.05, 4.69) is 15.9 Å². The maximum absolute atomic E-state index is 12.4. The van der Waals surface area contributed by atoms with Gasteiger partial charge in [-0.2, -0.15) is 0 Å². The van der Waals surface area contributed by atoms with E-state index in [1.54, 1.807) is 12.1 Å². The van der Waals surface area contributed by atoms with E-state index < -0.39 is 5.60 Å². The average Bonchev–Trinajstić information content (AvgIpc) is 2.61. The molecule has 0 aromatic heterocycles. The molecule has 28 heavy (non-hydrogen) atoms. The maximum Gasteiger partial charge on any atom is 0.337 e. The lowest BCUT2D eigenvalue weighted by atomic mass is 10.1. The van der Waals surface area contributed by atoms with Crippen molar-refractivity contribution in [1.82, 2.24) is 4.90 Å². The van der Waals surface area contributed by atoms with Crippen LogP contribution in [-0.4, -0.2) is 36.1 Å². The Hall–Kier alpha value is -2.18. The molecule has 2 aromatic rings. The summed E-state index contributed by atoms with van der Waals surface area (Å²) in [6.45, 7) is 6.86. The number of hydrogen-bond donors (Lipinski definition) is 0. The Kier molecular flexibility index (Phi) is 7.78. The first kappa shape index (κ1) is 22.1. The summed E-state index contributed by atoms with van der Waals surface area (Å²) in [6.07, 6.45) is 0. The van der Waals surface area contributed by atoms with Gasteiger partial charge in [-0.05, 0) is 44.0 Å². The zero-order valence-corrected chi connectivity index (χ0v) is 18.3. The van der Waals surface area contributed by atoms with Crippen LogP contribution in [0.4, 0.5) is 0 Å². The van der Waals surface area contributed by atoms with E-state index in [1.165, 1.54) is 7.11 Å². The van der Waals surface area contributed by atoms with Crippen LogP contribution < -0.4 is 0 Å². The first-order valence-corrected chi connectivity index (χ1v) is 9.82. The Labute approximate surface area is 174 Å². The van der Waals surface area contributed by atoms with Crippen LogP contribution in [-0.2, 0) is 27.4 Å². The second-order valence-corrected chi connectivity index (χ2v) is 8.37. The maximum atomic E-state index is 12.4. The van der Waals surface area contributed by atoms with Crippen molar-refractivity contribution in [2.45, 2.75) is 39.5 Å². The molecule has 0 saturated carbocycles. The summed E-state index contributed by atoms with van der Waals surface area (Å²) in [5.74, 6) is -0.659. The van der Waals surface area contributed by atoms with Crippen molar-refractivity contribution in [3.63, 3.8) is 0 Å². The largest absolute Gasteiger partial charge is 0.465 e. The number of nitrogens with zero attached hydrogens (tertiary/aromatic N) is 1. The van der Waals surface area contributed by atoms with Crippen LogP contribution in [0.1, 0.15) is 42.3 Å². The Morgan fingerprint density at radius 1 is 1.04 bits per heavy atom. The first-order chi connectivity index (χ1) is 13.2. The van der Waals surface area contributed by atoms with Gasteiger partial charge < -0.3 is 9.47 Å². The summed E-state index contributed by atoms with van der Waals surface area (Å²) >= 11 is 3.52. The second-order valence-electron chi connectivity index (χ2n) is 7.51. The van der Waals surface area contributed by atoms with Gasteiger partial charge in [-0.15, -0.1) is 0 Å². The Morgan fingerprint density at radius 2 is 1.71 bits per heavy atom. The van der Waals surface area contributed by atoms with E-state index in [0.717, 1.165) is 15.6 Å². The molecule has 0 unspecified atom stereocenters. The molecule has 0 bridgehead atoms. The minimum Gasteiger partial charge on any atom is -0.465 e. The lowest BCUT2D eigenvalue weighted by Crippen LogP contribution is -2.34. The summed E-state index contributed by atoms with van der Waals surface area (Å²) < 4.78 is 11.0. The number of carbonyl (C=O) groups excluding carboxylic acids is 2. The lowest BCUT2D eigenvalue weighted by Gasteiger charge is -2.25. The van der Waals surface area contributed by atoms with E-state index in [-0.39, 0.29) is 18.5 Å². The molecule has 2 rings (SSSR count). The van der Waals surface area contributed by atoms with Gasteiger partial charge in [0.1, 0.15) is 5.60 Å². The molecule has 0 heterocycles. The SMILES string of the molecule is COC(=O)c1ccc(CN(CC(=O)OC(C)(C)C)Cc2ccccc2)c(Br)c1. The van der Waals surface area contributed by atoms with Gasteiger partial charge in [-0.25, -0.2) is 4.79 Å². The van der Waals surface area contributed by atoms with Gasteiger partial charge in [-0.3, -0.25) is 9.69 Å². The molecule has 0 aliphatic heterocycles. The first-order valence-electron chi connectivity index (χ1n) is 9.03. The number of methoxy groups -OCH3 is 1. The molecule has 6 heteroatoms. The second kappa shape index (κ2) is 9.85. The van der Waals surface area contributed by atoms with Gasteiger partial charge in [0.25, 0.3) is 0 Å². The average molecular weight is 448 g/mol. The van der Waals surface area contributed by atoms with Crippen LogP contribution in [0.25, 0.3) is 0 Å². The van der Waals surface area contributed by atoms with Crippen molar-refractivity contribution in [3.05, 3.63) is 69.7 Å². The number of hydrogen-bond acceptors (Lipinski definition) is 5. The quantitative estimate of drug-likeness (QED) is 0.581. The predicted octanol–water partition coefficient (Wildman–Crippen LogP) is 4.58. The normalized spacial score (nSPS) is 11.4. The molecule has 0 radical (unpaired) electrons. The minimum absolute atomic E-state index is 0.164. The molecule has 2 aromatic carbocycles. The number of esters is 2. The van der Waals surface area contributed by atoms with E-state index >= 15 is 0 Å². The number of halogens is 1. The van der Waals surface area contributed by atoms with Gasteiger partial charge in [0.05, 0.1) is 19.2 Å². The Bertz CT molecular complexity index is 815. The fraction of sp³-hybridized carbons (Fsp3) is 0.364. The third-order valence-electron chi connectivity index (χ3n) is 3.89. The molecule has 0 atom stereocenters. The molecular formula is C22H26BrNO4. The number of carbonyl (C=O) groups is 2. The highest BCUT2D eigenvalue weighted by molar-refractivity contribution is 9.10. The van der Waals surface area contributed by atoms with E-state index in [1.807, 2.05) is 62.1 Å². The number of benzene rings is 2. The summed E-state index contributed by atoms with van der Waals surface area (Å²) in [7, 11) is 1.35. The molecular weight excluding hydrogens is 422 g/mol. The zero-order chi connectivity index (χ0) is 20.7. The molecule has 0 spiro atoms. The van der Waals surface area contributed by atoms with Gasteiger partial charge >= 0.3 is 11.9 Å². The van der Waals surface area contributed by atoms with Gasteiger partial charge in [-0.1, -0.05) is 52.3 Å². The number of rotatable bonds is 7. The molecule has 0 N–H and O–H groups in total. The fourth-order valence-electron chi connectivity index (χ4n) is 2.73. The Morgan fingerprint density at radius 3 is 2.29 bits per heavy atom. The molecule has 0 aliphatic carbocycles. The van der Waals surface area contributed by atoms with Crippen molar-refractivity contribution in [1.29, 1.82) is 0 Å². The standard InChI is InChI=1S/C22H26BrNO4/c1-22(2,3)28-20(25)15-24(13-16-8-6-5-7-9-16)14-18-11-10-17(12-19(18)23)21(26)27-4/h5-12H,13-15H2,1-4H3. The predicted molar refractivity (Wildman–Crippen MR) is 112 cm³/mol. The summed E-state index contributed by atoms with van der Waals surface area (Å²) in [6, 6.07) is 15.3.